The van der Waals surface area contributed by atoms with E-state index in [1.165, 1.54) is 30.3 Å². The van der Waals surface area contributed by atoms with Crippen LogP contribution in [0.1, 0.15) is 10.4 Å². The predicted molar refractivity (Wildman–Crippen MR) is 95.3 cm³/mol. The molecule has 6 nitrogen and oxygen atoms in total. The van der Waals surface area contributed by atoms with Gasteiger partial charge in [-0.3, -0.25) is 14.9 Å². The van der Waals surface area contributed by atoms with Crippen LogP contribution in [0.4, 0.5) is 15.8 Å². The van der Waals surface area contributed by atoms with Gasteiger partial charge in [-0.25, -0.2) is 4.39 Å². The Kier molecular flexibility index (Phi) is 4.98. The summed E-state index contributed by atoms with van der Waals surface area (Å²) in [6.07, 6.45) is 0. The van der Waals surface area contributed by atoms with Gasteiger partial charge in [0.2, 0.25) is 0 Å². The number of nitro groups is 1. The van der Waals surface area contributed by atoms with Crippen LogP contribution in [0, 0.1) is 15.9 Å². The lowest BCUT2D eigenvalue weighted by molar-refractivity contribution is -0.384. The number of non-ortho nitro benzene ring substituents is 1. The molecule has 0 unspecified atom stereocenters. The molecule has 1 amide bonds. The summed E-state index contributed by atoms with van der Waals surface area (Å²) in [5.74, 6) is -0.624. The molecule has 0 radical (unpaired) electrons. The average molecular weight is 408 g/mol. The highest BCUT2D eigenvalue weighted by atomic mass is 79.9. The number of piperazine rings is 1. The molecule has 1 saturated heterocycles. The van der Waals surface area contributed by atoms with Crippen molar-refractivity contribution < 1.29 is 14.1 Å². The summed E-state index contributed by atoms with van der Waals surface area (Å²) in [4.78, 5) is 26.6. The summed E-state index contributed by atoms with van der Waals surface area (Å²) in [5, 5.41) is 10.8. The Hall–Kier alpha value is -2.48. The third-order valence-corrected chi connectivity index (χ3v) is 4.76. The van der Waals surface area contributed by atoms with Crippen LogP contribution in [0.2, 0.25) is 0 Å². The second kappa shape index (κ2) is 7.18. The van der Waals surface area contributed by atoms with Crippen LogP contribution < -0.4 is 4.90 Å². The molecule has 1 aliphatic rings. The Bertz CT molecular complexity index is 823. The maximum absolute atomic E-state index is 13.3. The van der Waals surface area contributed by atoms with Crippen LogP contribution in [0.3, 0.4) is 0 Å². The van der Waals surface area contributed by atoms with Crippen molar-refractivity contribution in [3.63, 3.8) is 0 Å². The lowest BCUT2D eigenvalue weighted by Crippen LogP contribution is -2.48. The van der Waals surface area contributed by atoms with Crippen LogP contribution in [0.15, 0.2) is 46.9 Å². The Labute approximate surface area is 152 Å². The molecule has 8 heteroatoms. The number of halogens is 2. The SMILES string of the molecule is O=C(c1cccc(F)c1)N1CCN(c2ccc([N+](=O)[O-])cc2Br)CC1. The third-order valence-electron chi connectivity index (χ3n) is 4.12. The zero-order chi connectivity index (χ0) is 18.0. The average Bonchev–Trinajstić information content (AvgIpc) is 2.61. The maximum Gasteiger partial charge on any atom is 0.270 e. The lowest BCUT2D eigenvalue weighted by atomic mass is 10.1. The molecule has 1 fully saturated rings. The molecule has 0 bridgehead atoms. The molecule has 25 heavy (non-hydrogen) atoms. The molecular formula is C17H15BrFN3O3. The molecular weight excluding hydrogens is 393 g/mol. The van der Waals surface area contributed by atoms with Crippen molar-refractivity contribution in [1.29, 1.82) is 0 Å². The topological polar surface area (TPSA) is 66.7 Å². The molecule has 0 atom stereocenters. The van der Waals surface area contributed by atoms with E-state index >= 15 is 0 Å². The van der Waals surface area contributed by atoms with E-state index in [1.54, 1.807) is 17.0 Å². The van der Waals surface area contributed by atoms with E-state index in [1.807, 2.05) is 0 Å². The molecule has 0 spiro atoms. The van der Waals surface area contributed by atoms with Gasteiger partial charge in [0.25, 0.3) is 11.6 Å². The van der Waals surface area contributed by atoms with Crippen LogP contribution >= 0.6 is 15.9 Å². The number of anilines is 1. The van der Waals surface area contributed by atoms with Crippen molar-refractivity contribution in [1.82, 2.24) is 4.90 Å². The van der Waals surface area contributed by atoms with Gasteiger partial charge in [0.15, 0.2) is 0 Å². The third kappa shape index (κ3) is 3.79. The first kappa shape index (κ1) is 17.3. The molecule has 0 aliphatic carbocycles. The lowest BCUT2D eigenvalue weighted by Gasteiger charge is -2.36. The van der Waals surface area contributed by atoms with Crippen LogP contribution in [0.5, 0.6) is 0 Å². The standard InChI is InChI=1S/C17H15BrFN3O3/c18-15-11-14(22(24)25)4-5-16(15)20-6-8-21(9-7-20)17(23)12-2-1-3-13(19)10-12/h1-5,10-11H,6-9H2. The highest BCUT2D eigenvalue weighted by Gasteiger charge is 2.24. The smallest absolute Gasteiger partial charge is 0.270 e. The largest absolute Gasteiger partial charge is 0.367 e. The number of benzene rings is 2. The molecule has 0 aromatic heterocycles. The second-order valence-electron chi connectivity index (χ2n) is 5.68. The van der Waals surface area contributed by atoms with Gasteiger partial charge in [0, 0.05) is 48.3 Å². The fourth-order valence-corrected chi connectivity index (χ4v) is 3.44. The minimum atomic E-state index is -0.440. The first-order valence-corrected chi connectivity index (χ1v) is 8.49. The highest BCUT2D eigenvalue weighted by molar-refractivity contribution is 9.10. The predicted octanol–water partition coefficient (Wildman–Crippen LogP) is 3.46. The number of hydrogen-bond acceptors (Lipinski definition) is 4. The number of carbonyl (C=O) groups is 1. The van der Waals surface area contributed by atoms with Gasteiger partial charge in [-0.15, -0.1) is 0 Å². The minimum Gasteiger partial charge on any atom is -0.367 e. The first-order chi connectivity index (χ1) is 12.0. The van der Waals surface area contributed by atoms with Crippen molar-refractivity contribution in [2.45, 2.75) is 0 Å². The summed E-state index contributed by atoms with van der Waals surface area (Å²) >= 11 is 3.37. The van der Waals surface area contributed by atoms with Crippen molar-refractivity contribution in [2.75, 3.05) is 31.1 Å². The van der Waals surface area contributed by atoms with Crippen LogP contribution in [0.25, 0.3) is 0 Å². The summed E-state index contributed by atoms with van der Waals surface area (Å²) in [7, 11) is 0. The van der Waals surface area contributed by atoms with Crippen molar-refractivity contribution in [3.05, 3.63) is 68.4 Å². The van der Waals surface area contributed by atoms with Crippen molar-refractivity contribution in [3.8, 4) is 0 Å². The Balaban J connectivity index is 1.68. The van der Waals surface area contributed by atoms with Gasteiger partial charge in [-0.1, -0.05) is 6.07 Å². The van der Waals surface area contributed by atoms with E-state index in [2.05, 4.69) is 20.8 Å². The molecule has 1 aliphatic heterocycles. The van der Waals surface area contributed by atoms with E-state index in [9.17, 15) is 19.3 Å². The van der Waals surface area contributed by atoms with Gasteiger partial charge in [0.05, 0.1) is 10.6 Å². The van der Waals surface area contributed by atoms with Crippen LogP contribution in [-0.4, -0.2) is 41.9 Å². The summed E-state index contributed by atoms with van der Waals surface area (Å²) in [6, 6.07) is 10.3. The minimum absolute atomic E-state index is 0.0237. The van der Waals surface area contributed by atoms with Crippen molar-refractivity contribution >= 4 is 33.2 Å². The number of nitro benzene ring substituents is 1. The quantitative estimate of drug-likeness (QED) is 0.577. The second-order valence-corrected chi connectivity index (χ2v) is 6.54. The summed E-state index contributed by atoms with van der Waals surface area (Å²) in [6.45, 7) is 2.19. The number of hydrogen-bond donors (Lipinski definition) is 0. The monoisotopic (exact) mass is 407 g/mol. The molecule has 2 aromatic carbocycles. The number of carbonyl (C=O) groups excluding carboxylic acids is 1. The van der Waals surface area contributed by atoms with Gasteiger partial charge in [0.1, 0.15) is 5.82 Å². The molecule has 0 N–H and O–H groups in total. The maximum atomic E-state index is 13.3. The van der Waals surface area contributed by atoms with Gasteiger partial charge < -0.3 is 9.80 Å². The van der Waals surface area contributed by atoms with E-state index in [0.29, 0.717) is 36.2 Å². The molecule has 1 heterocycles. The van der Waals surface area contributed by atoms with E-state index in [0.717, 1.165) is 5.69 Å². The normalized spacial score (nSPS) is 14.5. The van der Waals surface area contributed by atoms with Crippen LogP contribution in [-0.2, 0) is 0 Å². The van der Waals surface area contributed by atoms with E-state index in [-0.39, 0.29) is 11.6 Å². The highest BCUT2D eigenvalue weighted by Crippen LogP contribution is 2.30. The van der Waals surface area contributed by atoms with Gasteiger partial charge in [-0.05, 0) is 40.2 Å². The van der Waals surface area contributed by atoms with Gasteiger partial charge in [-0.2, -0.15) is 0 Å². The Morgan fingerprint density at radius 1 is 1.12 bits per heavy atom. The van der Waals surface area contributed by atoms with Gasteiger partial charge >= 0.3 is 0 Å². The first-order valence-electron chi connectivity index (χ1n) is 7.69. The number of rotatable bonds is 3. The zero-order valence-electron chi connectivity index (χ0n) is 13.2. The van der Waals surface area contributed by atoms with E-state index in [4.69, 9.17) is 0 Å². The molecule has 130 valence electrons. The Morgan fingerprint density at radius 3 is 2.44 bits per heavy atom. The zero-order valence-corrected chi connectivity index (χ0v) is 14.8. The Morgan fingerprint density at radius 2 is 1.84 bits per heavy atom. The van der Waals surface area contributed by atoms with E-state index < -0.39 is 10.7 Å². The summed E-state index contributed by atoms with van der Waals surface area (Å²) < 4.78 is 13.9. The number of nitrogens with zero attached hydrogens (tertiary/aromatic N) is 3. The molecule has 2 aromatic rings. The van der Waals surface area contributed by atoms with Crippen molar-refractivity contribution in [2.24, 2.45) is 0 Å². The summed E-state index contributed by atoms with van der Waals surface area (Å²) in [5.41, 5.74) is 1.21. The fraction of sp³-hybridized carbons (Fsp3) is 0.235. The molecule has 3 rings (SSSR count). The molecule has 0 saturated carbocycles. The number of amides is 1. The fourth-order valence-electron chi connectivity index (χ4n) is 2.82.